The van der Waals surface area contributed by atoms with Gasteiger partial charge in [-0.3, -0.25) is 4.79 Å². The number of carbonyl (C=O) groups excluding carboxylic acids is 1. The van der Waals surface area contributed by atoms with Crippen molar-refractivity contribution >= 4 is 11.5 Å². The van der Waals surface area contributed by atoms with E-state index in [1.807, 2.05) is 11.8 Å². The molecule has 2 atom stereocenters. The average molecular weight is 414 g/mol. The van der Waals surface area contributed by atoms with Crippen LogP contribution in [-0.4, -0.2) is 44.2 Å². The van der Waals surface area contributed by atoms with Crippen LogP contribution in [0.25, 0.3) is 5.57 Å². The fourth-order valence-electron chi connectivity index (χ4n) is 3.14. The lowest BCUT2D eigenvalue weighted by Crippen LogP contribution is -2.46. The molecule has 0 aliphatic carbocycles. The third-order valence-corrected chi connectivity index (χ3v) is 5.25. The van der Waals surface area contributed by atoms with Gasteiger partial charge in [-0.05, 0) is 64.0 Å². The van der Waals surface area contributed by atoms with Crippen molar-refractivity contribution in [3.63, 3.8) is 0 Å². The zero-order valence-electron chi connectivity index (χ0n) is 17.8. The minimum absolute atomic E-state index is 0.263. The minimum Gasteiger partial charge on any atom is -0.388 e. The van der Waals surface area contributed by atoms with Crippen LogP contribution in [-0.2, 0) is 4.79 Å². The maximum atomic E-state index is 13.4. The van der Waals surface area contributed by atoms with Crippen LogP contribution < -0.4 is 5.32 Å². The number of amides is 1. The maximum Gasteiger partial charge on any atom is 0.253 e. The Morgan fingerprint density at radius 1 is 1.30 bits per heavy atom. The molecule has 8 heteroatoms. The minimum atomic E-state index is -0.988. The highest BCUT2D eigenvalue weighted by Gasteiger charge is 2.30. The van der Waals surface area contributed by atoms with E-state index in [1.54, 1.807) is 52.1 Å². The molecule has 1 amide bonds. The van der Waals surface area contributed by atoms with Crippen molar-refractivity contribution in [3.05, 3.63) is 65.2 Å². The number of aliphatic hydroxyl groups is 1. The van der Waals surface area contributed by atoms with E-state index in [4.69, 9.17) is 4.52 Å². The summed E-state index contributed by atoms with van der Waals surface area (Å²) in [5.74, 6) is 0.174. The Morgan fingerprint density at radius 3 is 2.53 bits per heavy atom. The molecule has 2 aromatic rings. The van der Waals surface area contributed by atoms with Gasteiger partial charge in [-0.15, -0.1) is 0 Å². The van der Waals surface area contributed by atoms with Crippen LogP contribution in [0.4, 0.5) is 4.39 Å². The van der Waals surface area contributed by atoms with Crippen LogP contribution in [0.5, 0.6) is 0 Å². The number of nitrogens with zero attached hydrogens (tertiary/aromatic N) is 3. The number of hydrogen-bond acceptors (Lipinski definition) is 6. The Labute approximate surface area is 175 Å². The third kappa shape index (κ3) is 4.94. The Balaban J connectivity index is 1.89. The molecule has 2 heterocycles. The molecule has 1 aliphatic heterocycles. The Kier molecular flexibility index (Phi) is 6.07. The van der Waals surface area contributed by atoms with Gasteiger partial charge < -0.3 is 19.8 Å². The third-order valence-electron chi connectivity index (χ3n) is 5.25. The summed E-state index contributed by atoms with van der Waals surface area (Å²) >= 11 is 0. The predicted octanol–water partition coefficient (Wildman–Crippen LogP) is 3.14. The predicted molar refractivity (Wildman–Crippen MR) is 111 cm³/mol. The number of nitrogens with one attached hydrogen (secondary N) is 1. The van der Waals surface area contributed by atoms with Gasteiger partial charge in [0.25, 0.3) is 5.91 Å². The van der Waals surface area contributed by atoms with Gasteiger partial charge in [-0.2, -0.15) is 4.98 Å². The van der Waals surface area contributed by atoms with E-state index >= 15 is 0 Å². The molecule has 2 N–H and O–H groups in total. The molecular formula is C22H27FN4O3. The second-order valence-electron chi connectivity index (χ2n) is 8.14. The second kappa shape index (κ2) is 8.39. The van der Waals surface area contributed by atoms with Crippen LogP contribution >= 0.6 is 0 Å². The number of benzene rings is 1. The quantitative estimate of drug-likeness (QED) is 0.755. The van der Waals surface area contributed by atoms with Crippen molar-refractivity contribution in [1.82, 2.24) is 20.4 Å². The molecule has 1 unspecified atom stereocenters. The molecule has 0 fully saturated rings. The zero-order chi connectivity index (χ0) is 22.1. The van der Waals surface area contributed by atoms with Gasteiger partial charge in [0.15, 0.2) is 5.82 Å². The molecule has 0 saturated heterocycles. The Bertz CT molecular complexity index is 973. The molecule has 1 aliphatic rings. The van der Waals surface area contributed by atoms with Crippen LogP contribution in [0.2, 0.25) is 0 Å². The first kappa shape index (κ1) is 21.7. The lowest BCUT2D eigenvalue weighted by molar-refractivity contribution is -0.118. The van der Waals surface area contributed by atoms with Crippen LogP contribution in [0, 0.1) is 12.7 Å². The van der Waals surface area contributed by atoms with Gasteiger partial charge in [0.2, 0.25) is 5.89 Å². The fraction of sp³-hybridized carbons (Fsp3) is 0.409. The van der Waals surface area contributed by atoms with E-state index in [0.29, 0.717) is 23.8 Å². The lowest BCUT2D eigenvalue weighted by Gasteiger charge is -2.38. The molecule has 160 valence electrons. The smallest absolute Gasteiger partial charge is 0.253 e. The highest BCUT2D eigenvalue weighted by atomic mass is 19.1. The van der Waals surface area contributed by atoms with Crippen molar-refractivity contribution in [3.8, 4) is 0 Å². The normalized spacial score (nSPS) is 16.6. The van der Waals surface area contributed by atoms with Crippen molar-refractivity contribution in [2.24, 2.45) is 0 Å². The number of carbonyl (C=O) groups is 1. The van der Waals surface area contributed by atoms with Crippen LogP contribution in [0.3, 0.4) is 0 Å². The number of aromatic nitrogens is 2. The van der Waals surface area contributed by atoms with Crippen molar-refractivity contribution in [1.29, 1.82) is 0 Å². The number of rotatable bonds is 6. The summed E-state index contributed by atoms with van der Waals surface area (Å²) in [4.78, 5) is 19.0. The molecule has 1 aromatic carbocycles. The van der Waals surface area contributed by atoms with E-state index in [2.05, 4.69) is 15.5 Å². The highest BCUT2D eigenvalue weighted by molar-refractivity contribution is 5.99. The topological polar surface area (TPSA) is 91.5 Å². The molecule has 3 rings (SSSR count). The summed E-state index contributed by atoms with van der Waals surface area (Å²) in [7, 11) is 0. The van der Waals surface area contributed by atoms with Gasteiger partial charge in [-0.1, -0.05) is 17.3 Å². The summed E-state index contributed by atoms with van der Waals surface area (Å²) in [5.41, 5.74) is 1.08. The first-order chi connectivity index (χ1) is 14.0. The Morgan fingerprint density at radius 2 is 1.97 bits per heavy atom. The monoisotopic (exact) mass is 414 g/mol. The molecule has 7 nitrogen and oxygen atoms in total. The van der Waals surface area contributed by atoms with Gasteiger partial charge in [0.05, 0.1) is 17.2 Å². The first-order valence-electron chi connectivity index (χ1n) is 9.82. The van der Waals surface area contributed by atoms with E-state index in [-0.39, 0.29) is 17.8 Å². The molecule has 1 aromatic heterocycles. The molecule has 0 bridgehead atoms. The van der Waals surface area contributed by atoms with Crippen LogP contribution in [0.15, 0.2) is 46.6 Å². The SMILES string of the molecule is Cc1noc([C@@H](C)NC(=O)C2=CN(C(C)C(C)(C)O)CC(c3ccc(F)cc3)=C2)n1. The van der Waals surface area contributed by atoms with E-state index in [1.165, 1.54) is 12.1 Å². The summed E-state index contributed by atoms with van der Waals surface area (Å²) < 4.78 is 18.5. The highest BCUT2D eigenvalue weighted by Crippen LogP contribution is 2.28. The van der Waals surface area contributed by atoms with Gasteiger partial charge in [0.1, 0.15) is 11.9 Å². The van der Waals surface area contributed by atoms with Gasteiger partial charge in [-0.25, -0.2) is 4.39 Å². The molecule has 0 spiro atoms. The Hall–Kier alpha value is -3.00. The molecule has 0 saturated carbocycles. The van der Waals surface area contributed by atoms with E-state index in [0.717, 1.165) is 11.1 Å². The first-order valence-corrected chi connectivity index (χ1v) is 9.82. The van der Waals surface area contributed by atoms with E-state index in [9.17, 15) is 14.3 Å². The average Bonchev–Trinajstić information content (AvgIpc) is 3.13. The van der Waals surface area contributed by atoms with Gasteiger partial charge in [0, 0.05) is 12.7 Å². The number of halogens is 1. The largest absolute Gasteiger partial charge is 0.388 e. The molecule has 30 heavy (non-hydrogen) atoms. The number of aryl methyl sites for hydroxylation is 1. The molecule has 0 radical (unpaired) electrons. The summed E-state index contributed by atoms with van der Waals surface area (Å²) in [6, 6.07) is 5.40. The zero-order valence-corrected chi connectivity index (χ0v) is 17.8. The number of hydrogen-bond donors (Lipinski definition) is 2. The lowest BCUT2D eigenvalue weighted by atomic mass is 9.94. The summed E-state index contributed by atoms with van der Waals surface area (Å²) in [6.45, 7) is 9.28. The summed E-state index contributed by atoms with van der Waals surface area (Å²) in [5, 5.41) is 17.1. The van der Waals surface area contributed by atoms with Crippen LogP contribution in [0.1, 0.15) is 51.0 Å². The van der Waals surface area contributed by atoms with Crippen molar-refractivity contribution in [2.75, 3.05) is 6.54 Å². The fourth-order valence-corrected chi connectivity index (χ4v) is 3.14. The standard InChI is InChI=1S/C22H27FN4O3/c1-13(21-25-15(3)26-30-21)24-20(28)18-10-17(16-6-8-19(23)9-7-16)11-27(12-18)14(2)22(4,5)29/h6-10,12-14,29H,11H2,1-5H3,(H,24,28)/t13-,14?/m1/s1. The maximum absolute atomic E-state index is 13.4. The summed E-state index contributed by atoms with van der Waals surface area (Å²) in [6.07, 6.45) is 3.51. The molecular weight excluding hydrogens is 387 g/mol. The van der Waals surface area contributed by atoms with Gasteiger partial charge >= 0.3 is 0 Å². The second-order valence-corrected chi connectivity index (χ2v) is 8.14. The van der Waals surface area contributed by atoms with Crippen molar-refractivity contribution in [2.45, 2.75) is 52.3 Å². The van der Waals surface area contributed by atoms with Crippen molar-refractivity contribution < 1.29 is 18.8 Å². The van der Waals surface area contributed by atoms with E-state index < -0.39 is 11.6 Å².